The summed E-state index contributed by atoms with van der Waals surface area (Å²) >= 11 is 0. The summed E-state index contributed by atoms with van der Waals surface area (Å²) in [6.07, 6.45) is 2.39. The van der Waals surface area contributed by atoms with E-state index < -0.39 is 0 Å². The standard InChI is InChI=1S/C17H26FN3/c1-17(2,3)14-4-6-21(7-5-14)11-12-8-13(16(19)20)10-15(18)9-12/h8-10,14H,4-7,11H2,1-3H3,(H3,19,20). The zero-order valence-electron chi connectivity index (χ0n) is 13.2. The Hall–Kier alpha value is -1.42. The molecule has 1 aromatic rings. The van der Waals surface area contributed by atoms with Crippen molar-refractivity contribution in [3.63, 3.8) is 0 Å². The van der Waals surface area contributed by atoms with E-state index in [1.54, 1.807) is 6.07 Å². The summed E-state index contributed by atoms with van der Waals surface area (Å²) in [5, 5.41) is 7.44. The molecule has 1 aliphatic rings. The van der Waals surface area contributed by atoms with Gasteiger partial charge < -0.3 is 5.73 Å². The zero-order valence-corrected chi connectivity index (χ0v) is 13.2. The van der Waals surface area contributed by atoms with Gasteiger partial charge in [0.1, 0.15) is 11.7 Å². The number of hydrogen-bond acceptors (Lipinski definition) is 2. The first kappa shape index (κ1) is 16.0. The molecule has 0 aliphatic carbocycles. The molecule has 1 aliphatic heterocycles. The van der Waals surface area contributed by atoms with Crippen LogP contribution in [0.5, 0.6) is 0 Å². The Kier molecular flexibility index (Phi) is 4.67. The number of likely N-dealkylation sites (tertiary alicyclic amines) is 1. The average molecular weight is 291 g/mol. The first-order chi connectivity index (χ1) is 9.75. The van der Waals surface area contributed by atoms with Crippen LogP contribution in [0.3, 0.4) is 0 Å². The maximum absolute atomic E-state index is 13.6. The van der Waals surface area contributed by atoms with Gasteiger partial charge in [-0.3, -0.25) is 10.3 Å². The minimum absolute atomic E-state index is 0.0813. The minimum atomic E-state index is -0.317. The van der Waals surface area contributed by atoms with E-state index in [4.69, 9.17) is 11.1 Å². The van der Waals surface area contributed by atoms with Crippen molar-refractivity contribution >= 4 is 5.84 Å². The smallest absolute Gasteiger partial charge is 0.124 e. The number of rotatable bonds is 3. The number of nitrogens with zero attached hydrogens (tertiary/aromatic N) is 1. The van der Waals surface area contributed by atoms with Gasteiger partial charge in [-0.2, -0.15) is 0 Å². The molecule has 2 rings (SSSR count). The van der Waals surface area contributed by atoms with E-state index >= 15 is 0 Å². The van der Waals surface area contributed by atoms with Crippen LogP contribution in [0.15, 0.2) is 18.2 Å². The van der Waals surface area contributed by atoms with Crippen LogP contribution in [0.25, 0.3) is 0 Å². The van der Waals surface area contributed by atoms with Gasteiger partial charge in [-0.05, 0) is 61.0 Å². The van der Waals surface area contributed by atoms with Crippen molar-refractivity contribution in [1.82, 2.24) is 4.90 Å². The lowest BCUT2D eigenvalue weighted by molar-refractivity contribution is 0.108. The fourth-order valence-corrected chi connectivity index (χ4v) is 3.11. The highest BCUT2D eigenvalue weighted by molar-refractivity contribution is 5.95. The fraction of sp³-hybridized carbons (Fsp3) is 0.588. The van der Waals surface area contributed by atoms with Gasteiger partial charge in [-0.25, -0.2) is 4.39 Å². The van der Waals surface area contributed by atoms with Crippen LogP contribution >= 0.6 is 0 Å². The quantitative estimate of drug-likeness (QED) is 0.662. The Labute approximate surface area is 126 Å². The molecule has 0 unspecified atom stereocenters. The van der Waals surface area contributed by atoms with Gasteiger partial charge in [0.05, 0.1) is 0 Å². The van der Waals surface area contributed by atoms with E-state index in [1.807, 2.05) is 6.07 Å². The maximum atomic E-state index is 13.6. The maximum Gasteiger partial charge on any atom is 0.124 e. The van der Waals surface area contributed by atoms with E-state index in [1.165, 1.54) is 18.9 Å². The van der Waals surface area contributed by atoms with Crippen molar-refractivity contribution < 1.29 is 4.39 Å². The van der Waals surface area contributed by atoms with Crippen molar-refractivity contribution in [3.05, 3.63) is 35.1 Å². The predicted octanol–water partition coefficient (Wildman–Crippen LogP) is 3.37. The lowest BCUT2D eigenvalue weighted by atomic mass is 9.75. The summed E-state index contributed by atoms with van der Waals surface area (Å²) in [5.41, 5.74) is 7.19. The topological polar surface area (TPSA) is 53.1 Å². The molecule has 1 heterocycles. The highest BCUT2D eigenvalue weighted by atomic mass is 19.1. The third-order valence-corrected chi connectivity index (χ3v) is 4.49. The Bertz CT molecular complexity index is 511. The third-order valence-electron chi connectivity index (χ3n) is 4.49. The van der Waals surface area contributed by atoms with Crippen LogP contribution in [0.4, 0.5) is 4.39 Å². The van der Waals surface area contributed by atoms with Crippen LogP contribution in [0, 0.1) is 22.6 Å². The van der Waals surface area contributed by atoms with Crippen LogP contribution in [0.2, 0.25) is 0 Å². The largest absolute Gasteiger partial charge is 0.384 e. The number of halogens is 1. The van der Waals surface area contributed by atoms with E-state index in [9.17, 15) is 4.39 Å². The highest BCUT2D eigenvalue weighted by Gasteiger charge is 2.28. The van der Waals surface area contributed by atoms with E-state index in [0.717, 1.165) is 31.1 Å². The van der Waals surface area contributed by atoms with Crippen molar-refractivity contribution in [2.24, 2.45) is 17.1 Å². The summed E-state index contributed by atoms with van der Waals surface area (Å²) in [5.74, 6) is 0.360. The second-order valence-electron chi connectivity index (χ2n) is 7.18. The third kappa shape index (κ3) is 4.27. The predicted molar refractivity (Wildman–Crippen MR) is 84.9 cm³/mol. The summed E-state index contributed by atoms with van der Waals surface area (Å²) in [6.45, 7) is 9.74. The summed E-state index contributed by atoms with van der Waals surface area (Å²) in [6, 6.07) is 4.68. The zero-order chi connectivity index (χ0) is 15.6. The summed E-state index contributed by atoms with van der Waals surface area (Å²) in [4.78, 5) is 2.36. The van der Waals surface area contributed by atoms with Crippen LogP contribution in [-0.4, -0.2) is 23.8 Å². The van der Waals surface area contributed by atoms with Gasteiger partial charge in [-0.15, -0.1) is 0 Å². The average Bonchev–Trinajstić information content (AvgIpc) is 2.37. The van der Waals surface area contributed by atoms with Gasteiger partial charge in [0.15, 0.2) is 0 Å². The number of hydrogen-bond donors (Lipinski definition) is 2. The molecule has 3 nitrogen and oxygen atoms in total. The molecule has 3 N–H and O–H groups in total. The molecular formula is C17H26FN3. The molecule has 0 spiro atoms. The lowest BCUT2D eigenvalue weighted by Gasteiger charge is -2.38. The molecule has 21 heavy (non-hydrogen) atoms. The van der Waals surface area contributed by atoms with Crippen molar-refractivity contribution in [2.45, 2.75) is 40.2 Å². The number of nitrogens with two attached hydrogens (primary N) is 1. The number of piperidine rings is 1. The first-order valence-electron chi connectivity index (χ1n) is 7.62. The number of nitrogens with one attached hydrogen (secondary N) is 1. The molecule has 0 atom stereocenters. The molecule has 0 radical (unpaired) electrons. The monoisotopic (exact) mass is 291 g/mol. The lowest BCUT2D eigenvalue weighted by Crippen LogP contribution is -2.37. The molecule has 0 bridgehead atoms. The SMILES string of the molecule is CC(C)(C)C1CCN(Cc2cc(F)cc(C(=N)N)c2)CC1. The van der Waals surface area contributed by atoms with Crippen LogP contribution in [-0.2, 0) is 6.54 Å². The molecule has 1 aromatic carbocycles. The molecule has 1 fully saturated rings. The highest BCUT2D eigenvalue weighted by Crippen LogP contribution is 2.34. The Balaban J connectivity index is 1.99. The van der Waals surface area contributed by atoms with Gasteiger partial charge in [-0.1, -0.05) is 20.8 Å². The van der Waals surface area contributed by atoms with E-state index in [-0.39, 0.29) is 11.7 Å². The van der Waals surface area contributed by atoms with Crippen molar-refractivity contribution in [1.29, 1.82) is 5.41 Å². The molecule has 4 heteroatoms. The number of amidine groups is 1. The second-order valence-corrected chi connectivity index (χ2v) is 7.18. The van der Waals surface area contributed by atoms with Gasteiger partial charge >= 0.3 is 0 Å². The van der Waals surface area contributed by atoms with Crippen molar-refractivity contribution in [2.75, 3.05) is 13.1 Å². The van der Waals surface area contributed by atoms with Crippen LogP contribution < -0.4 is 5.73 Å². The van der Waals surface area contributed by atoms with Gasteiger partial charge in [0.2, 0.25) is 0 Å². The Morgan fingerprint density at radius 2 is 1.90 bits per heavy atom. The van der Waals surface area contributed by atoms with E-state index in [2.05, 4.69) is 25.7 Å². The summed E-state index contributed by atoms with van der Waals surface area (Å²) < 4.78 is 13.6. The number of benzene rings is 1. The molecule has 0 aromatic heterocycles. The number of nitrogen functional groups attached to an aromatic ring is 1. The molecular weight excluding hydrogens is 265 g/mol. The fourth-order valence-electron chi connectivity index (χ4n) is 3.11. The summed E-state index contributed by atoms with van der Waals surface area (Å²) in [7, 11) is 0. The van der Waals surface area contributed by atoms with E-state index in [0.29, 0.717) is 11.0 Å². The molecule has 116 valence electrons. The first-order valence-corrected chi connectivity index (χ1v) is 7.62. The Morgan fingerprint density at radius 1 is 1.29 bits per heavy atom. The minimum Gasteiger partial charge on any atom is -0.384 e. The molecule has 0 amide bonds. The van der Waals surface area contributed by atoms with Gasteiger partial charge in [0, 0.05) is 12.1 Å². The Morgan fingerprint density at radius 3 is 2.43 bits per heavy atom. The van der Waals surface area contributed by atoms with Gasteiger partial charge in [0.25, 0.3) is 0 Å². The van der Waals surface area contributed by atoms with Crippen LogP contribution in [0.1, 0.15) is 44.7 Å². The molecule has 1 saturated heterocycles. The molecule has 0 saturated carbocycles. The second kappa shape index (κ2) is 6.14. The normalized spacial score (nSPS) is 17.9. The van der Waals surface area contributed by atoms with Crippen molar-refractivity contribution in [3.8, 4) is 0 Å².